The van der Waals surface area contributed by atoms with Crippen molar-refractivity contribution < 1.29 is 9.53 Å². The molecule has 0 unspecified atom stereocenters. The lowest BCUT2D eigenvalue weighted by Crippen LogP contribution is -2.35. The van der Waals surface area contributed by atoms with Crippen molar-refractivity contribution in [3.8, 4) is 0 Å². The number of hydrogen-bond donors (Lipinski definition) is 2. The summed E-state index contributed by atoms with van der Waals surface area (Å²) < 4.78 is 5.04. The monoisotopic (exact) mass is 276 g/mol. The molecule has 0 spiro atoms. The van der Waals surface area contributed by atoms with Crippen LogP contribution >= 0.6 is 23.2 Å². The lowest BCUT2D eigenvalue weighted by atomic mass is 10.2. The zero-order valence-electron chi connectivity index (χ0n) is 9.80. The van der Waals surface area contributed by atoms with Crippen molar-refractivity contribution >= 4 is 35.0 Å². The van der Waals surface area contributed by atoms with E-state index >= 15 is 0 Å². The van der Waals surface area contributed by atoms with Gasteiger partial charge in [0.1, 0.15) is 5.60 Å². The molecule has 1 rings (SSSR count). The Labute approximate surface area is 110 Å². The number of benzene rings is 1. The highest BCUT2D eigenvalue weighted by atomic mass is 35.5. The van der Waals surface area contributed by atoms with Crippen molar-refractivity contribution in [2.45, 2.75) is 26.4 Å². The van der Waals surface area contributed by atoms with Crippen molar-refractivity contribution in [1.29, 1.82) is 0 Å². The van der Waals surface area contributed by atoms with E-state index in [0.717, 1.165) is 0 Å². The summed E-state index contributed by atoms with van der Waals surface area (Å²) >= 11 is 11.6. The summed E-state index contributed by atoms with van der Waals surface area (Å²) in [6.07, 6.45) is -0.580. The number of carbonyl (C=O) groups excluding carboxylic acids is 1. The van der Waals surface area contributed by atoms with Crippen LogP contribution in [-0.4, -0.2) is 11.7 Å². The van der Waals surface area contributed by atoms with Gasteiger partial charge in [0.25, 0.3) is 0 Å². The molecule has 2 N–H and O–H groups in total. The molecule has 4 nitrogen and oxygen atoms in total. The molecule has 0 atom stereocenters. The molecule has 1 aromatic rings. The molecule has 0 saturated heterocycles. The van der Waals surface area contributed by atoms with Crippen molar-refractivity contribution in [2.24, 2.45) is 0 Å². The van der Waals surface area contributed by atoms with E-state index in [1.165, 1.54) is 0 Å². The Morgan fingerprint density at radius 3 is 2.47 bits per heavy atom. The molecule has 0 radical (unpaired) electrons. The van der Waals surface area contributed by atoms with Crippen molar-refractivity contribution in [3.05, 3.63) is 28.2 Å². The molecule has 0 aliphatic heterocycles. The molecule has 0 bridgehead atoms. The first kappa shape index (κ1) is 13.9. The molecule has 0 fully saturated rings. The Hall–Kier alpha value is -1.13. The number of anilines is 1. The van der Waals surface area contributed by atoms with Crippen molar-refractivity contribution in [3.63, 3.8) is 0 Å². The van der Waals surface area contributed by atoms with Crippen LogP contribution in [0.15, 0.2) is 18.2 Å². The fourth-order valence-corrected chi connectivity index (χ4v) is 1.47. The van der Waals surface area contributed by atoms with Crippen LogP contribution in [0.25, 0.3) is 0 Å². The number of halogens is 2. The molecular weight excluding hydrogens is 263 g/mol. The number of amides is 1. The average molecular weight is 277 g/mol. The highest BCUT2D eigenvalue weighted by molar-refractivity contribution is 6.36. The summed E-state index contributed by atoms with van der Waals surface area (Å²) in [4.78, 5) is 11.3. The van der Waals surface area contributed by atoms with E-state index in [-0.39, 0.29) is 0 Å². The minimum atomic E-state index is -0.580. The van der Waals surface area contributed by atoms with Crippen LogP contribution in [0.3, 0.4) is 0 Å². The number of ether oxygens (including phenoxy) is 1. The molecule has 17 heavy (non-hydrogen) atoms. The third-order valence-electron chi connectivity index (χ3n) is 1.63. The molecule has 0 aromatic heterocycles. The number of rotatable bonds is 2. The van der Waals surface area contributed by atoms with Crippen LogP contribution in [0.1, 0.15) is 20.8 Å². The van der Waals surface area contributed by atoms with Gasteiger partial charge in [-0.3, -0.25) is 5.43 Å². The van der Waals surface area contributed by atoms with Gasteiger partial charge in [-0.25, -0.2) is 10.2 Å². The summed E-state index contributed by atoms with van der Waals surface area (Å²) in [6.45, 7) is 5.34. The minimum Gasteiger partial charge on any atom is -0.443 e. The highest BCUT2D eigenvalue weighted by Gasteiger charge is 2.15. The van der Waals surface area contributed by atoms with Crippen molar-refractivity contribution in [2.75, 3.05) is 5.43 Å². The summed E-state index contributed by atoms with van der Waals surface area (Å²) in [5.41, 5.74) is 5.02. The second kappa shape index (κ2) is 5.47. The van der Waals surface area contributed by atoms with Gasteiger partial charge < -0.3 is 4.74 Å². The van der Waals surface area contributed by atoms with Gasteiger partial charge in [0.2, 0.25) is 0 Å². The third-order valence-corrected chi connectivity index (χ3v) is 2.18. The Kier molecular flexibility index (Phi) is 4.48. The predicted molar refractivity (Wildman–Crippen MR) is 69.5 cm³/mol. The number of hydrogen-bond acceptors (Lipinski definition) is 3. The molecule has 94 valence electrons. The van der Waals surface area contributed by atoms with Crippen LogP contribution in [-0.2, 0) is 4.74 Å². The van der Waals surface area contributed by atoms with Gasteiger partial charge >= 0.3 is 6.09 Å². The maximum atomic E-state index is 11.3. The molecule has 1 amide bonds. The summed E-state index contributed by atoms with van der Waals surface area (Å²) in [7, 11) is 0. The number of carbonyl (C=O) groups is 1. The quantitative estimate of drug-likeness (QED) is 0.807. The van der Waals surface area contributed by atoms with Gasteiger partial charge in [0, 0.05) is 5.02 Å². The zero-order valence-corrected chi connectivity index (χ0v) is 11.3. The highest BCUT2D eigenvalue weighted by Crippen LogP contribution is 2.24. The molecule has 0 aliphatic carbocycles. The van der Waals surface area contributed by atoms with E-state index in [1.54, 1.807) is 39.0 Å². The van der Waals surface area contributed by atoms with Gasteiger partial charge in [-0.2, -0.15) is 0 Å². The van der Waals surface area contributed by atoms with Gasteiger partial charge in [0.15, 0.2) is 0 Å². The van der Waals surface area contributed by atoms with Gasteiger partial charge in [-0.15, -0.1) is 0 Å². The Morgan fingerprint density at radius 2 is 1.94 bits per heavy atom. The maximum absolute atomic E-state index is 11.3. The topological polar surface area (TPSA) is 50.4 Å². The van der Waals surface area contributed by atoms with Crippen LogP contribution in [0, 0.1) is 0 Å². The summed E-state index contributed by atoms with van der Waals surface area (Å²) in [5.74, 6) is 0. The molecule has 0 saturated carbocycles. The molecule has 0 heterocycles. The van der Waals surface area contributed by atoms with E-state index in [9.17, 15) is 4.79 Å². The second-order valence-corrected chi connectivity index (χ2v) is 5.22. The fourth-order valence-electron chi connectivity index (χ4n) is 1.01. The predicted octanol–water partition coefficient (Wildman–Crippen LogP) is 3.85. The number of hydrazine groups is 1. The Morgan fingerprint density at radius 1 is 1.29 bits per heavy atom. The standard InChI is InChI=1S/C11H14Cl2N2O2/c1-11(2,3)17-10(16)15-14-9-5-4-7(12)6-8(9)13/h4-6,14H,1-3H3,(H,15,16). The zero-order chi connectivity index (χ0) is 13.1. The lowest BCUT2D eigenvalue weighted by Gasteiger charge is -2.20. The van der Waals surface area contributed by atoms with Crippen molar-refractivity contribution in [1.82, 2.24) is 5.43 Å². The van der Waals surface area contributed by atoms with Gasteiger partial charge in [-0.1, -0.05) is 23.2 Å². The van der Waals surface area contributed by atoms with Crippen LogP contribution in [0.2, 0.25) is 10.0 Å². The molecule has 1 aromatic carbocycles. The van der Waals surface area contributed by atoms with E-state index < -0.39 is 11.7 Å². The molecular formula is C11H14Cl2N2O2. The fraction of sp³-hybridized carbons (Fsp3) is 0.364. The number of nitrogens with one attached hydrogen (secondary N) is 2. The smallest absolute Gasteiger partial charge is 0.426 e. The molecule has 0 aliphatic rings. The summed E-state index contributed by atoms with van der Waals surface area (Å²) in [6, 6.07) is 4.89. The van der Waals surface area contributed by atoms with Gasteiger partial charge in [-0.05, 0) is 39.0 Å². The first-order chi connectivity index (χ1) is 7.78. The Balaban J connectivity index is 2.53. The first-order valence-corrected chi connectivity index (χ1v) is 5.73. The Bertz CT molecular complexity index is 416. The van der Waals surface area contributed by atoms with Crippen LogP contribution < -0.4 is 10.9 Å². The largest absolute Gasteiger partial charge is 0.443 e. The van der Waals surface area contributed by atoms with Crippen LogP contribution in [0.4, 0.5) is 10.5 Å². The second-order valence-electron chi connectivity index (χ2n) is 4.38. The average Bonchev–Trinajstić information content (AvgIpc) is 2.13. The minimum absolute atomic E-state index is 0.411. The molecule has 6 heteroatoms. The van der Waals surface area contributed by atoms with E-state index in [4.69, 9.17) is 27.9 Å². The van der Waals surface area contributed by atoms with E-state index in [2.05, 4.69) is 10.9 Å². The first-order valence-electron chi connectivity index (χ1n) is 4.98. The maximum Gasteiger partial charge on any atom is 0.426 e. The summed E-state index contributed by atoms with van der Waals surface area (Å²) in [5, 5.41) is 0.936. The normalized spacial score (nSPS) is 10.9. The SMILES string of the molecule is CC(C)(C)OC(=O)NNc1ccc(Cl)cc1Cl. The van der Waals surface area contributed by atoms with E-state index in [1.807, 2.05) is 0 Å². The third kappa shape index (κ3) is 5.15. The van der Waals surface area contributed by atoms with Crippen LogP contribution in [0.5, 0.6) is 0 Å². The van der Waals surface area contributed by atoms with Gasteiger partial charge in [0.05, 0.1) is 10.7 Å². The lowest BCUT2D eigenvalue weighted by molar-refractivity contribution is 0.0541. The van der Waals surface area contributed by atoms with E-state index in [0.29, 0.717) is 15.7 Å².